The molecule has 0 spiro atoms. The highest BCUT2D eigenvalue weighted by molar-refractivity contribution is 6.30. The monoisotopic (exact) mass is 280 g/mol. The summed E-state index contributed by atoms with van der Waals surface area (Å²) in [6.45, 7) is 8.17. The molecule has 1 N–H and O–H groups in total. The van der Waals surface area contributed by atoms with Crippen LogP contribution in [0.1, 0.15) is 32.3 Å². The van der Waals surface area contributed by atoms with E-state index in [0.717, 1.165) is 11.4 Å². The Morgan fingerprint density at radius 1 is 1.37 bits per heavy atom. The number of likely N-dealkylation sites (tertiary alicyclic amines) is 1. The number of rotatable bonds is 5. The summed E-state index contributed by atoms with van der Waals surface area (Å²) < 4.78 is 0. The van der Waals surface area contributed by atoms with Gasteiger partial charge in [0, 0.05) is 17.1 Å². The molecule has 0 bridgehead atoms. The summed E-state index contributed by atoms with van der Waals surface area (Å²) in [5.74, 6) is 0. The van der Waals surface area contributed by atoms with E-state index in [9.17, 15) is 0 Å². The highest BCUT2D eigenvalue weighted by atomic mass is 35.5. The number of nitrogens with zero attached hydrogens (tertiary/aromatic N) is 1. The van der Waals surface area contributed by atoms with Crippen molar-refractivity contribution in [3.63, 3.8) is 0 Å². The molecule has 0 radical (unpaired) electrons. The second-order valence-electron chi connectivity index (χ2n) is 5.61. The van der Waals surface area contributed by atoms with E-state index in [1.165, 1.54) is 38.0 Å². The van der Waals surface area contributed by atoms with Gasteiger partial charge in [-0.2, -0.15) is 0 Å². The number of hydrogen-bond donors (Lipinski definition) is 1. The third kappa shape index (κ3) is 4.79. The summed E-state index contributed by atoms with van der Waals surface area (Å²) in [5.41, 5.74) is 1.32. The van der Waals surface area contributed by atoms with Crippen LogP contribution in [0.3, 0.4) is 0 Å². The molecule has 0 saturated carbocycles. The van der Waals surface area contributed by atoms with Crippen molar-refractivity contribution in [2.75, 3.05) is 19.6 Å². The van der Waals surface area contributed by atoms with Crippen LogP contribution in [0.2, 0.25) is 5.02 Å². The first kappa shape index (κ1) is 14.8. The molecule has 1 heterocycles. The van der Waals surface area contributed by atoms with Gasteiger partial charge in [0.15, 0.2) is 0 Å². The van der Waals surface area contributed by atoms with Crippen molar-refractivity contribution in [1.29, 1.82) is 0 Å². The smallest absolute Gasteiger partial charge is 0.0408 e. The minimum atomic E-state index is 0.511. The van der Waals surface area contributed by atoms with Crippen LogP contribution in [-0.4, -0.2) is 36.6 Å². The first-order valence-corrected chi connectivity index (χ1v) is 7.78. The normalized spacial score (nSPS) is 19.5. The van der Waals surface area contributed by atoms with Crippen molar-refractivity contribution in [1.82, 2.24) is 10.2 Å². The number of piperidine rings is 1. The second-order valence-corrected chi connectivity index (χ2v) is 6.05. The van der Waals surface area contributed by atoms with Gasteiger partial charge in [0.05, 0.1) is 0 Å². The third-order valence-corrected chi connectivity index (χ3v) is 4.22. The average Bonchev–Trinajstić information content (AvgIpc) is 2.39. The topological polar surface area (TPSA) is 15.3 Å². The molecular weight excluding hydrogens is 256 g/mol. The van der Waals surface area contributed by atoms with Gasteiger partial charge < -0.3 is 10.2 Å². The van der Waals surface area contributed by atoms with Gasteiger partial charge >= 0.3 is 0 Å². The van der Waals surface area contributed by atoms with Gasteiger partial charge in [-0.15, -0.1) is 0 Å². The lowest BCUT2D eigenvalue weighted by Gasteiger charge is -2.33. The summed E-state index contributed by atoms with van der Waals surface area (Å²) >= 11 is 6.03. The summed E-state index contributed by atoms with van der Waals surface area (Å²) in [6, 6.07) is 9.38. The van der Waals surface area contributed by atoms with Crippen molar-refractivity contribution in [2.45, 2.75) is 45.2 Å². The Balaban J connectivity index is 1.77. The maximum absolute atomic E-state index is 6.03. The first-order valence-electron chi connectivity index (χ1n) is 7.40. The van der Waals surface area contributed by atoms with Crippen molar-refractivity contribution in [2.24, 2.45) is 0 Å². The minimum Gasteiger partial charge on any atom is -0.311 e. The van der Waals surface area contributed by atoms with Gasteiger partial charge in [0.2, 0.25) is 0 Å². The van der Waals surface area contributed by atoms with E-state index >= 15 is 0 Å². The molecular formula is C16H25ClN2. The zero-order valence-corrected chi connectivity index (χ0v) is 12.8. The molecule has 1 fully saturated rings. The van der Waals surface area contributed by atoms with Gasteiger partial charge in [-0.05, 0) is 63.5 Å². The van der Waals surface area contributed by atoms with Gasteiger partial charge in [0.1, 0.15) is 0 Å². The number of hydrogen-bond acceptors (Lipinski definition) is 2. The fraction of sp³-hybridized carbons (Fsp3) is 0.625. The molecule has 19 heavy (non-hydrogen) atoms. The molecule has 2 nitrogen and oxygen atoms in total. The summed E-state index contributed by atoms with van der Waals surface area (Å²) in [4.78, 5) is 2.53. The van der Waals surface area contributed by atoms with Crippen molar-refractivity contribution >= 4 is 11.6 Å². The molecule has 2 rings (SSSR count). The standard InChI is InChI=1S/C16H25ClN2/c1-3-19-9-7-16(8-10-19)18-13(2)11-14-5-4-6-15(17)12-14/h4-6,12-13,16,18H,3,7-11H2,1-2H3. The molecule has 0 aliphatic carbocycles. The van der Waals surface area contributed by atoms with Crippen LogP contribution in [0.15, 0.2) is 24.3 Å². The van der Waals surface area contributed by atoms with Gasteiger partial charge in [-0.1, -0.05) is 30.7 Å². The highest BCUT2D eigenvalue weighted by Crippen LogP contribution is 2.14. The molecule has 1 atom stereocenters. The van der Waals surface area contributed by atoms with Crippen LogP contribution in [0.4, 0.5) is 0 Å². The lowest BCUT2D eigenvalue weighted by molar-refractivity contribution is 0.200. The SMILES string of the molecule is CCN1CCC(NC(C)Cc2cccc(Cl)c2)CC1. The quantitative estimate of drug-likeness (QED) is 0.890. The van der Waals surface area contributed by atoms with E-state index in [2.05, 4.69) is 36.2 Å². The summed E-state index contributed by atoms with van der Waals surface area (Å²) in [7, 11) is 0. The van der Waals surface area contributed by atoms with Crippen LogP contribution < -0.4 is 5.32 Å². The first-order chi connectivity index (χ1) is 9.17. The van der Waals surface area contributed by atoms with E-state index < -0.39 is 0 Å². The Hall–Kier alpha value is -0.570. The Labute approximate surface area is 122 Å². The van der Waals surface area contributed by atoms with Gasteiger partial charge in [-0.3, -0.25) is 0 Å². The minimum absolute atomic E-state index is 0.511. The van der Waals surface area contributed by atoms with Crippen molar-refractivity contribution < 1.29 is 0 Å². The fourth-order valence-electron chi connectivity index (χ4n) is 2.89. The van der Waals surface area contributed by atoms with Crippen LogP contribution >= 0.6 is 11.6 Å². The molecule has 106 valence electrons. The van der Waals surface area contributed by atoms with Crippen LogP contribution in [0, 0.1) is 0 Å². The predicted octanol–water partition coefficient (Wildman–Crippen LogP) is 3.34. The Kier molecular flexibility index (Phi) is 5.68. The van der Waals surface area contributed by atoms with Crippen molar-refractivity contribution in [3.8, 4) is 0 Å². The Bertz CT molecular complexity index is 386. The highest BCUT2D eigenvalue weighted by Gasteiger charge is 2.19. The molecule has 0 aromatic heterocycles. The van der Waals surface area contributed by atoms with E-state index in [1.807, 2.05) is 12.1 Å². The maximum atomic E-state index is 6.03. The van der Waals surface area contributed by atoms with Gasteiger partial charge in [0.25, 0.3) is 0 Å². The van der Waals surface area contributed by atoms with Crippen LogP contribution in [0.5, 0.6) is 0 Å². The van der Waals surface area contributed by atoms with Crippen LogP contribution in [-0.2, 0) is 6.42 Å². The molecule has 0 amide bonds. The molecule has 1 saturated heterocycles. The Morgan fingerprint density at radius 2 is 2.11 bits per heavy atom. The lowest BCUT2D eigenvalue weighted by atomic mass is 10.0. The zero-order chi connectivity index (χ0) is 13.7. The molecule has 1 aliphatic heterocycles. The molecule has 1 aromatic carbocycles. The number of nitrogens with one attached hydrogen (secondary N) is 1. The fourth-order valence-corrected chi connectivity index (χ4v) is 3.11. The zero-order valence-electron chi connectivity index (χ0n) is 12.0. The number of halogens is 1. The van der Waals surface area contributed by atoms with E-state index in [1.54, 1.807) is 0 Å². The third-order valence-electron chi connectivity index (χ3n) is 3.99. The molecule has 1 unspecified atom stereocenters. The number of benzene rings is 1. The van der Waals surface area contributed by atoms with E-state index in [4.69, 9.17) is 11.6 Å². The van der Waals surface area contributed by atoms with Gasteiger partial charge in [-0.25, -0.2) is 0 Å². The molecule has 1 aliphatic rings. The summed E-state index contributed by atoms with van der Waals surface area (Å²) in [6.07, 6.45) is 3.59. The second kappa shape index (κ2) is 7.28. The van der Waals surface area contributed by atoms with E-state index in [0.29, 0.717) is 12.1 Å². The van der Waals surface area contributed by atoms with Crippen LogP contribution in [0.25, 0.3) is 0 Å². The molecule has 1 aromatic rings. The molecule has 3 heteroatoms. The van der Waals surface area contributed by atoms with Crippen molar-refractivity contribution in [3.05, 3.63) is 34.9 Å². The summed E-state index contributed by atoms with van der Waals surface area (Å²) in [5, 5.41) is 4.60. The average molecular weight is 281 g/mol. The maximum Gasteiger partial charge on any atom is 0.0408 e. The van der Waals surface area contributed by atoms with E-state index in [-0.39, 0.29) is 0 Å². The lowest BCUT2D eigenvalue weighted by Crippen LogP contribution is -2.45. The largest absolute Gasteiger partial charge is 0.311 e. The Morgan fingerprint density at radius 3 is 2.74 bits per heavy atom. The predicted molar refractivity (Wildman–Crippen MR) is 82.9 cm³/mol.